The van der Waals surface area contributed by atoms with Gasteiger partial charge in [-0.25, -0.2) is 4.39 Å². The first-order valence-electron chi connectivity index (χ1n) is 5.42. The largest absolute Gasteiger partial charge is 0.396 e. The molecule has 0 bridgehead atoms. The monoisotopic (exact) mass is 309 g/mol. The maximum absolute atomic E-state index is 13.0. The summed E-state index contributed by atoms with van der Waals surface area (Å²) in [7, 11) is 1.93. The first-order chi connectivity index (χ1) is 8.58. The van der Waals surface area contributed by atoms with Crippen molar-refractivity contribution >= 4 is 27.3 Å². The second-order valence-corrected chi connectivity index (χ2v) is 4.88. The molecule has 0 saturated carbocycles. The van der Waals surface area contributed by atoms with Crippen LogP contribution in [0.15, 0.2) is 41.1 Å². The fourth-order valence-electron chi connectivity index (χ4n) is 1.74. The number of aromatic nitrogens is 1. The third-order valence-corrected chi connectivity index (χ3v) is 3.40. The van der Waals surface area contributed by atoms with Crippen molar-refractivity contribution < 1.29 is 4.39 Å². The maximum Gasteiger partial charge on any atom is 0.124 e. The number of nitrogen functional groups attached to an aromatic ring is 1. The molecule has 0 fully saturated rings. The van der Waals surface area contributed by atoms with E-state index in [-0.39, 0.29) is 5.82 Å². The minimum Gasteiger partial charge on any atom is -0.396 e. The summed E-state index contributed by atoms with van der Waals surface area (Å²) in [5, 5.41) is 0. The third kappa shape index (κ3) is 2.79. The summed E-state index contributed by atoms with van der Waals surface area (Å²) in [5.41, 5.74) is 8.38. The van der Waals surface area contributed by atoms with E-state index < -0.39 is 0 Å². The summed E-state index contributed by atoms with van der Waals surface area (Å²) in [5.74, 6) is -0.253. The van der Waals surface area contributed by atoms with Crippen molar-refractivity contribution in [2.75, 3.05) is 17.7 Å². The topological polar surface area (TPSA) is 42.2 Å². The Morgan fingerprint density at radius 3 is 2.83 bits per heavy atom. The minimum atomic E-state index is -0.253. The zero-order chi connectivity index (χ0) is 13.1. The number of nitrogens with zero attached hydrogens (tertiary/aromatic N) is 2. The number of nitrogens with two attached hydrogens (primary N) is 1. The second kappa shape index (κ2) is 5.35. The molecule has 0 spiro atoms. The molecule has 18 heavy (non-hydrogen) atoms. The van der Waals surface area contributed by atoms with Crippen molar-refractivity contribution in [2.45, 2.75) is 6.54 Å². The van der Waals surface area contributed by atoms with Crippen LogP contribution in [0.4, 0.5) is 15.8 Å². The normalized spacial score (nSPS) is 10.4. The molecule has 0 saturated heterocycles. The van der Waals surface area contributed by atoms with E-state index in [1.165, 1.54) is 12.1 Å². The predicted molar refractivity (Wildman–Crippen MR) is 74.9 cm³/mol. The number of anilines is 2. The summed E-state index contributed by atoms with van der Waals surface area (Å²) < 4.78 is 13.8. The Hall–Kier alpha value is -1.62. The first-order valence-corrected chi connectivity index (χ1v) is 6.22. The highest BCUT2D eigenvalue weighted by Crippen LogP contribution is 2.25. The molecule has 3 nitrogen and oxygen atoms in total. The van der Waals surface area contributed by atoms with Gasteiger partial charge in [0.25, 0.3) is 0 Å². The fraction of sp³-hybridized carbons (Fsp3) is 0.154. The highest BCUT2D eigenvalue weighted by atomic mass is 79.9. The lowest BCUT2D eigenvalue weighted by molar-refractivity contribution is 0.626. The van der Waals surface area contributed by atoms with Gasteiger partial charge in [0.2, 0.25) is 0 Å². The summed E-state index contributed by atoms with van der Waals surface area (Å²) in [6.45, 7) is 0.634. The van der Waals surface area contributed by atoms with Gasteiger partial charge in [-0.3, -0.25) is 4.98 Å². The summed E-state index contributed by atoms with van der Waals surface area (Å²) in [4.78, 5) is 5.95. The van der Waals surface area contributed by atoms with Gasteiger partial charge in [-0.2, -0.15) is 0 Å². The van der Waals surface area contributed by atoms with Crippen molar-refractivity contribution in [1.82, 2.24) is 4.98 Å². The summed E-state index contributed by atoms with van der Waals surface area (Å²) in [6, 6.07) is 6.52. The Bertz CT molecular complexity index is 560. The number of rotatable bonds is 3. The zero-order valence-electron chi connectivity index (χ0n) is 9.90. The highest BCUT2D eigenvalue weighted by Gasteiger charge is 2.08. The number of halogens is 2. The predicted octanol–water partition coefficient (Wildman–Crippen LogP) is 3.20. The van der Waals surface area contributed by atoms with Gasteiger partial charge >= 0.3 is 0 Å². The fourth-order valence-corrected chi connectivity index (χ4v) is 2.21. The number of pyridine rings is 1. The molecule has 1 aromatic carbocycles. The van der Waals surface area contributed by atoms with Crippen molar-refractivity contribution in [3.63, 3.8) is 0 Å². The smallest absolute Gasteiger partial charge is 0.124 e. The van der Waals surface area contributed by atoms with Gasteiger partial charge in [0.1, 0.15) is 5.82 Å². The van der Waals surface area contributed by atoms with Crippen LogP contribution in [0.2, 0.25) is 0 Å². The van der Waals surface area contributed by atoms with Crippen LogP contribution in [0.3, 0.4) is 0 Å². The second-order valence-electron chi connectivity index (χ2n) is 4.03. The van der Waals surface area contributed by atoms with E-state index in [9.17, 15) is 4.39 Å². The first kappa shape index (κ1) is 12.8. The lowest BCUT2D eigenvalue weighted by atomic mass is 10.2. The van der Waals surface area contributed by atoms with Crippen LogP contribution < -0.4 is 10.6 Å². The molecule has 0 aliphatic carbocycles. The lowest BCUT2D eigenvalue weighted by Gasteiger charge is -2.21. The average molecular weight is 310 g/mol. The summed E-state index contributed by atoms with van der Waals surface area (Å²) >= 11 is 3.36. The minimum absolute atomic E-state index is 0.253. The Balaban J connectivity index is 2.21. The molecule has 0 atom stereocenters. The van der Waals surface area contributed by atoms with Gasteiger partial charge in [0, 0.05) is 24.3 Å². The molecule has 0 aliphatic rings. The van der Waals surface area contributed by atoms with Crippen molar-refractivity contribution in [2.24, 2.45) is 0 Å². The summed E-state index contributed by atoms with van der Waals surface area (Å²) in [6.07, 6.45) is 3.31. The van der Waals surface area contributed by atoms with E-state index in [1.807, 2.05) is 18.0 Å². The Morgan fingerprint density at radius 2 is 2.17 bits per heavy atom. The van der Waals surface area contributed by atoms with Crippen LogP contribution in [0.1, 0.15) is 5.56 Å². The maximum atomic E-state index is 13.0. The van der Waals surface area contributed by atoms with Gasteiger partial charge in [0.05, 0.1) is 17.6 Å². The Kier molecular flexibility index (Phi) is 3.81. The zero-order valence-corrected chi connectivity index (χ0v) is 11.5. The molecule has 2 aromatic rings. The third-order valence-electron chi connectivity index (χ3n) is 2.66. The number of benzene rings is 1. The molecule has 1 heterocycles. The molecule has 2 rings (SSSR count). The molecule has 1 aromatic heterocycles. The SMILES string of the molecule is CN(Cc1ccc(F)cc1Br)c1ccncc1N. The molecule has 0 unspecified atom stereocenters. The molecule has 5 heteroatoms. The number of hydrogen-bond acceptors (Lipinski definition) is 3. The van der Waals surface area contributed by atoms with E-state index in [0.717, 1.165) is 15.7 Å². The Morgan fingerprint density at radius 1 is 1.39 bits per heavy atom. The van der Waals surface area contributed by atoms with E-state index >= 15 is 0 Å². The van der Waals surface area contributed by atoms with Crippen LogP contribution in [-0.4, -0.2) is 12.0 Å². The van der Waals surface area contributed by atoms with Crippen LogP contribution in [0.25, 0.3) is 0 Å². The molecule has 0 radical (unpaired) electrons. The van der Waals surface area contributed by atoms with E-state index in [4.69, 9.17) is 5.73 Å². The average Bonchev–Trinajstić information content (AvgIpc) is 2.33. The van der Waals surface area contributed by atoms with Gasteiger partial charge in [-0.05, 0) is 23.8 Å². The molecule has 0 aliphatic heterocycles. The van der Waals surface area contributed by atoms with Gasteiger partial charge in [0.15, 0.2) is 0 Å². The highest BCUT2D eigenvalue weighted by molar-refractivity contribution is 9.10. The quantitative estimate of drug-likeness (QED) is 0.946. The standard InChI is InChI=1S/C13H13BrFN3/c1-18(13-4-5-17-7-12(13)16)8-9-2-3-10(15)6-11(9)14/h2-7H,8,16H2,1H3. The molecule has 0 amide bonds. The van der Waals surface area contributed by atoms with E-state index in [0.29, 0.717) is 12.2 Å². The van der Waals surface area contributed by atoms with Crippen molar-refractivity contribution in [3.8, 4) is 0 Å². The van der Waals surface area contributed by atoms with Gasteiger partial charge < -0.3 is 10.6 Å². The van der Waals surface area contributed by atoms with E-state index in [1.54, 1.807) is 18.5 Å². The van der Waals surface area contributed by atoms with Crippen molar-refractivity contribution in [1.29, 1.82) is 0 Å². The van der Waals surface area contributed by atoms with Gasteiger partial charge in [-0.1, -0.05) is 22.0 Å². The number of hydrogen-bond donors (Lipinski definition) is 1. The van der Waals surface area contributed by atoms with Crippen LogP contribution in [0, 0.1) is 5.82 Å². The Labute approximate surface area is 114 Å². The van der Waals surface area contributed by atoms with E-state index in [2.05, 4.69) is 20.9 Å². The van der Waals surface area contributed by atoms with Gasteiger partial charge in [-0.15, -0.1) is 0 Å². The molecular weight excluding hydrogens is 297 g/mol. The molecule has 2 N–H and O–H groups in total. The molecule has 94 valence electrons. The van der Waals surface area contributed by atoms with Crippen LogP contribution >= 0.6 is 15.9 Å². The molecular formula is C13H13BrFN3. The van der Waals surface area contributed by atoms with Crippen LogP contribution in [-0.2, 0) is 6.54 Å². The van der Waals surface area contributed by atoms with Crippen molar-refractivity contribution in [3.05, 3.63) is 52.5 Å². The lowest BCUT2D eigenvalue weighted by Crippen LogP contribution is -2.18. The van der Waals surface area contributed by atoms with Crippen LogP contribution in [0.5, 0.6) is 0 Å².